The van der Waals surface area contributed by atoms with Crippen LogP contribution < -0.4 is 5.84 Å². The Balaban J connectivity index is 2.75. The minimum Gasteiger partial charge on any atom is -0.323 e. The van der Waals surface area contributed by atoms with E-state index in [9.17, 15) is 0 Å². The van der Waals surface area contributed by atoms with Crippen LogP contribution in [-0.4, -0.2) is 11.2 Å². The Morgan fingerprint density at radius 3 is 2.92 bits per heavy atom. The number of hydrogen-bond donors (Lipinski definition) is 1. The highest BCUT2D eigenvalue weighted by atomic mass is 15.1. The van der Waals surface area contributed by atoms with Gasteiger partial charge in [0.05, 0.1) is 6.21 Å². The number of nitrogens with two attached hydrogens (primary N) is 1. The third kappa shape index (κ3) is 1.36. The van der Waals surface area contributed by atoms with Crippen LogP contribution in [0.3, 0.4) is 0 Å². The molecule has 1 aromatic carbocycles. The van der Waals surface area contributed by atoms with Gasteiger partial charge in [-0.2, -0.15) is 5.10 Å². The summed E-state index contributed by atoms with van der Waals surface area (Å²) in [5.74, 6) is 5.09. The number of fused-ring (bicyclic) bond motifs is 1. The lowest BCUT2D eigenvalue weighted by atomic mass is 10.1. The lowest BCUT2D eigenvalue weighted by molar-refractivity contribution is 1.26. The van der Waals surface area contributed by atoms with E-state index in [0.29, 0.717) is 0 Å². The van der Waals surface area contributed by atoms with Crippen LogP contribution in [0.2, 0.25) is 0 Å². The molecule has 1 aromatic heterocycles. The highest BCUT2D eigenvalue weighted by Gasteiger charge is 1.96. The number of pyridine rings is 1. The van der Waals surface area contributed by atoms with Crippen molar-refractivity contribution in [3.8, 4) is 0 Å². The summed E-state index contributed by atoms with van der Waals surface area (Å²) < 4.78 is 0. The zero-order chi connectivity index (χ0) is 9.10. The van der Waals surface area contributed by atoms with Crippen molar-refractivity contribution in [3.63, 3.8) is 0 Å². The maximum absolute atomic E-state index is 5.09. The number of hydrogen-bond acceptors (Lipinski definition) is 3. The monoisotopic (exact) mass is 171 g/mol. The van der Waals surface area contributed by atoms with Gasteiger partial charge in [-0.15, -0.1) is 0 Å². The van der Waals surface area contributed by atoms with Crippen LogP contribution in [0.4, 0.5) is 0 Å². The van der Waals surface area contributed by atoms with Gasteiger partial charge in [-0.1, -0.05) is 24.3 Å². The minimum atomic E-state index is 0.945. The Morgan fingerprint density at radius 2 is 2.08 bits per heavy atom. The summed E-state index contributed by atoms with van der Waals surface area (Å²) in [5, 5.41) is 5.71. The molecule has 1 heterocycles. The van der Waals surface area contributed by atoms with Crippen molar-refractivity contribution in [1.82, 2.24) is 4.98 Å². The molecule has 0 bridgehead atoms. The van der Waals surface area contributed by atoms with E-state index in [1.807, 2.05) is 30.5 Å². The highest BCUT2D eigenvalue weighted by molar-refractivity contribution is 5.98. The summed E-state index contributed by atoms with van der Waals surface area (Å²) in [4.78, 5) is 4.08. The second-order valence-electron chi connectivity index (χ2n) is 2.73. The molecule has 0 saturated heterocycles. The first kappa shape index (κ1) is 7.73. The van der Waals surface area contributed by atoms with Crippen molar-refractivity contribution < 1.29 is 0 Å². The first-order valence-corrected chi connectivity index (χ1v) is 3.98. The van der Waals surface area contributed by atoms with Gasteiger partial charge in [0, 0.05) is 23.3 Å². The summed E-state index contributed by atoms with van der Waals surface area (Å²) >= 11 is 0. The van der Waals surface area contributed by atoms with Gasteiger partial charge in [-0.25, -0.2) is 0 Å². The van der Waals surface area contributed by atoms with Gasteiger partial charge in [0.15, 0.2) is 0 Å². The van der Waals surface area contributed by atoms with E-state index in [2.05, 4.69) is 10.1 Å². The maximum Gasteiger partial charge on any atom is 0.0559 e. The second kappa shape index (κ2) is 3.23. The van der Waals surface area contributed by atoms with Gasteiger partial charge in [0.25, 0.3) is 0 Å². The van der Waals surface area contributed by atoms with Crippen LogP contribution in [0.25, 0.3) is 10.8 Å². The number of nitrogens with zero attached hydrogens (tertiary/aromatic N) is 2. The molecule has 2 aromatic rings. The van der Waals surface area contributed by atoms with Crippen LogP contribution >= 0.6 is 0 Å². The minimum absolute atomic E-state index is 0.945. The van der Waals surface area contributed by atoms with Crippen LogP contribution in [0.5, 0.6) is 0 Å². The fraction of sp³-hybridized carbons (Fsp3) is 0. The molecular formula is C10H9N3. The molecule has 3 heteroatoms. The Bertz CT molecular complexity index is 443. The summed E-state index contributed by atoms with van der Waals surface area (Å²) in [6.45, 7) is 0. The number of benzene rings is 1. The van der Waals surface area contributed by atoms with Crippen molar-refractivity contribution in [3.05, 3.63) is 42.2 Å². The molecule has 0 unspecified atom stereocenters. The van der Waals surface area contributed by atoms with Gasteiger partial charge in [0.1, 0.15) is 0 Å². The van der Waals surface area contributed by atoms with Crippen LogP contribution in [0, 0.1) is 0 Å². The van der Waals surface area contributed by atoms with Gasteiger partial charge in [-0.05, 0) is 5.39 Å². The van der Waals surface area contributed by atoms with E-state index in [1.165, 1.54) is 0 Å². The van der Waals surface area contributed by atoms with E-state index >= 15 is 0 Å². The summed E-state index contributed by atoms with van der Waals surface area (Å²) in [5.41, 5.74) is 0.945. The molecular weight excluding hydrogens is 162 g/mol. The second-order valence-corrected chi connectivity index (χ2v) is 2.73. The van der Waals surface area contributed by atoms with Crippen molar-refractivity contribution in [2.45, 2.75) is 0 Å². The van der Waals surface area contributed by atoms with Gasteiger partial charge >= 0.3 is 0 Å². The molecule has 0 aliphatic carbocycles. The van der Waals surface area contributed by atoms with Crippen LogP contribution in [0.15, 0.2) is 41.8 Å². The highest BCUT2D eigenvalue weighted by Crippen LogP contribution is 2.14. The molecule has 0 atom stereocenters. The zero-order valence-electron chi connectivity index (χ0n) is 7.01. The largest absolute Gasteiger partial charge is 0.323 e. The van der Waals surface area contributed by atoms with E-state index in [0.717, 1.165) is 16.3 Å². The Morgan fingerprint density at radius 1 is 1.23 bits per heavy atom. The predicted octanol–water partition coefficient (Wildman–Crippen LogP) is 1.53. The smallest absolute Gasteiger partial charge is 0.0559 e. The standard InChI is InChI=1S/C10H9N3/c11-13-7-9-6-12-5-8-3-1-2-4-10(8)9/h1-7H,11H2/b13-7+. The average molecular weight is 171 g/mol. The number of rotatable bonds is 1. The molecule has 0 aliphatic rings. The van der Waals surface area contributed by atoms with E-state index in [4.69, 9.17) is 5.84 Å². The summed E-state index contributed by atoms with van der Waals surface area (Å²) in [6, 6.07) is 7.99. The molecule has 0 saturated carbocycles. The molecule has 2 N–H and O–H groups in total. The van der Waals surface area contributed by atoms with E-state index in [-0.39, 0.29) is 0 Å². The SMILES string of the molecule is N/N=C/c1cncc2ccccc12. The molecule has 0 spiro atoms. The Kier molecular flexibility index (Phi) is 1.92. The fourth-order valence-corrected chi connectivity index (χ4v) is 1.32. The molecule has 2 rings (SSSR count). The number of hydrazone groups is 1. The molecule has 0 aliphatic heterocycles. The van der Waals surface area contributed by atoms with E-state index in [1.54, 1.807) is 12.4 Å². The van der Waals surface area contributed by atoms with Crippen molar-refractivity contribution >= 4 is 17.0 Å². The fourth-order valence-electron chi connectivity index (χ4n) is 1.32. The lowest BCUT2D eigenvalue weighted by Crippen LogP contribution is -1.89. The van der Waals surface area contributed by atoms with Gasteiger partial charge in [-0.3, -0.25) is 4.98 Å². The molecule has 0 amide bonds. The first-order valence-electron chi connectivity index (χ1n) is 3.98. The maximum atomic E-state index is 5.09. The van der Waals surface area contributed by atoms with Gasteiger partial charge < -0.3 is 5.84 Å². The third-order valence-corrected chi connectivity index (χ3v) is 1.91. The third-order valence-electron chi connectivity index (χ3n) is 1.91. The van der Waals surface area contributed by atoms with E-state index < -0.39 is 0 Å². The Hall–Kier alpha value is -1.90. The topological polar surface area (TPSA) is 51.3 Å². The van der Waals surface area contributed by atoms with Gasteiger partial charge in [0.2, 0.25) is 0 Å². The van der Waals surface area contributed by atoms with Crippen molar-refractivity contribution in [2.75, 3.05) is 0 Å². The predicted molar refractivity (Wildman–Crippen MR) is 53.5 cm³/mol. The van der Waals surface area contributed by atoms with Crippen LogP contribution in [0.1, 0.15) is 5.56 Å². The normalized spacial score (nSPS) is 11.1. The molecule has 0 fully saturated rings. The molecule has 3 nitrogen and oxygen atoms in total. The first-order chi connectivity index (χ1) is 6.42. The summed E-state index contributed by atoms with van der Waals surface area (Å²) in [7, 11) is 0. The van der Waals surface area contributed by atoms with Crippen molar-refractivity contribution in [1.29, 1.82) is 0 Å². The Labute approximate surface area is 75.9 Å². The molecule has 0 radical (unpaired) electrons. The average Bonchev–Trinajstić information content (AvgIpc) is 2.19. The zero-order valence-corrected chi connectivity index (χ0v) is 7.01. The molecule has 13 heavy (non-hydrogen) atoms. The van der Waals surface area contributed by atoms with Crippen molar-refractivity contribution in [2.24, 2.45) is 10.9 Å². The molecule has 64 valence electrons. The number of aromatic nitrogens is 1. The lowest BCUT2D eigenvalue weighted by Gasteiger charge is -1.98. The van der Waals surface area contributed by atoms with Crippen LogP contribution in [-0.2, 0) is 0 Å². The quantitative estimate of drug-likeness (QED) is 0.402. The summed E-state index contributed by atoms with van der Waals surface area (Å²) in [6.07, 6.45) is 5.18.